The molecule has 156 valence electrons. The Bertz CT molecular complexity index is 1360. The van der Waals surface area contributed by atoms with Gasteiger partial charge in [0.25, 0.3) is 0 Å². The van der Waals surface area contributed by atoms with Gasteiger partial charge in [0.2, 0.25) is 0 Å². The average molecular weight is 439 g/mol. The first-order valence-electron chi connectivity index (χ1n) is 9.16. The van der Waals surface area contributed by atoms with Crippen LogP contribution < -0.4 is 5.32 Å². The summed E-state index contributed by atoms with van der Waals surface area (Å²) in [7, 11) is 0. The summed E-state index contributed by atoms with van der Waals surface area (Å²) in [5.74, 6) is -2.12. The Labute approximate surface area is 179 Å². The molecule has 10 heteroatoms. The van der Waals surface area contributed by atoms with E-state index in [1.165, 1.54) is 12.4 Å². The molecule has 0 unspecified atom stereocenters. The summed E-state index contributed by atoms with van der Waals surface area (Å²) < 4.78 is 29.8. The van der Waals surface area contributed by atoms with E-state index in [0.29, 0.717) is 46.1 Å². The van der Waals surface area contributed by atoms with Crippen molar-refractivity contribution in [2.24, 2.45) is 0 Å². The smallest absolute Gasteiger partial charge is 0.348 e. The number of aromatic nitrogens is 3. The SMILES string of the molecule is Cc1ccc(F)c2c1cc(C#N)n2CCNc1cc(-c2cc(F)c(C(=O)O)s2)ncn1. The third-order valence-corrected chi connectivity index (χ3v) is 5.90. The maximum atomic E-state index is 14.4. The fraction of sp³-hybridized carbons (Fsp3) is 0.143. The van der Waals surface area contributed by atoms with Crippen LogP contribution in [0.4, 0.5) is 14.6 Å². The van der Waals surface area contributed by atoms with Gasteiger partial charge >= 0.3 is 5.97 Å². The lowest BCUT2D eigenvalue weighted by Gasteiger charge is -2.10. The van der Waals surface area contributed by atoms with E-state index >= 15 is 0 Å². The first-order valence-corrected chi connectivity index (χ1v) is 9.98. The number of nitrogens with zero attached hydrogens (tertiary/aromatic N) is 4. The first-order chi connectivity index (χ1) is 14.9. The maximum absolute atomic E-state index is 14.4. The molecule has 3 aromatic heterocycles. The van der Waals surface area contributed by atoms with Crippen molar-refractivity contribution in [1.82, 2.24) is 14.5 Å². The third-order valence-electron chi connectivity index (χ3n) is 4.78. The van der Waals surface area contributed by atoms with Crippen LogP contribution in [0.15, 0.2) is 36.7 Å². The highest BCUT2D eigenvalue weighted by Gasteiger charge is 2.17. The number of halogens is 2. The highest BCUT2D eigenvalue weighted by Crippen LogP contribution is 2.30. The minimum atomic E-state index is -1.34. The summed E-state index contributed by atoms with van der Waals surface area (Å²) >= 11 is 0.786. The molecule has 0 radical (unpaired) electrons. The molecule has 0 saturated carbocycles. The Kier molecular flexibility index (Phi) is 5.35. The third kappa shape index (κ3) is 3.83. The quantitative estimate of drug-likeness (QED) is 0.461. The van der Waals surface area contributed by atoms with Crippen molar-refractivity contribution < 1.29 is 18.7 Å². The number of carboxylic acids is 1. The number of hydrogen-bond donors (Lipinski definition) is 2. The average Bonchev–Trinajstić information content (AvgIpc) is 3.33. The number of nitriles is 1. The van der Waals surface area contributed by atoms with Crippen molar-refractivity contribution in [3.05, 3.63) is 64.4 Å². The molecule has 3 heterocycles. The molecule has 0 aliphatic heterocycles. The second-order valence-corrected chi connectivity index (χ2v) is 7.78. The molecule has 2 N–H and O–H groups in total. The first kappa shape index (κ1) is 20.4. The second-order valence-electron chi connectivity index (χ2n) is 6.73. The molecule has 0 spiro atoms. The molecule has 0 bridgehead atoms. The molecule has 0 atom stereocenters. The molecule has 0 fully saturated rings. The minimum absolute atomic E-state index is 0.308. The van der Waals surface area contributed by atoms with Crippen molar-refractivity contribution in [1.29, 1.82) is 5.26 Å². The van der Waals surface area contributed by atoms with Gasteiger partial charge in [0.15, 0.2) is 0 Å². The Balaban J connectivity index is 1.55. The van der Waals surface area contributed by atoms with Gasteiger partial charge < -0.3 is 15.0 Å². The summed E-state index contributed by atoms with van der Waals surface area (Å²) in [6.07, 6.45) is 1.28. The number of benzene rings is 1. The molecular weight excluding hydrogens is 424 g/mol. The molecule has 0 amide bonds. The van der Waals surface area contributed by atoms with Crippen LogP contribution in [0.25, 0.3) is 21.5 Å². The van der Waals surface area contributed by atoms with Crippen molar-refractivity contribution in [2.75, 3.05) is 11.9 Å². The van der Waals surface area contributed by atoms with Gasteiger partial charge in [-0.05, 0) is 30.7 Å². The summed E-state index contributed by atoms with van der Waals surface area (Å²) in [6, 6.07) is 9.51. The number of carboxylic acid groups (broad SMARTS) is 1. The molecule has 0 aliphatic carbocycles. The number of hydrogen-bond acceptors (Lipinski definition) is 6. The molecule has 4 aromatic rings. The number of rotatable bonds is 6. The van der Waals surface area contributed by atoms with E-state index < -0.39 is 17.6 Å². The largest absolute Gasteiger partial charge is 0.477 e. The second kappa shape index (κ2) is 8.12. The zero-order valence-corrected chi connectivity index (χ0v) is 17.0. The number of nitrogens with one attached hydrogen (secondary N) is 1. The van der Waals surface area contributed by atoms with Gasteiger partial charge in [0, 0.05) is 24.5 Å². The van der Waals surface area contributed by atoms with Crippen LogP contribution in [0.3, 0.4) is 0 Å². The normalized spacial score (nSPS) is 10.9. The number of thiophene rings is 1. The summed E-state index contributed by atoms with van der Waals surface area (Å²) in [5, 5.41) is 22.2. The lowest BCUT2D eigenvalue weighted by atomic mass is 10.1. The standard InChI is InChI=1S/C21H15F2N5O2S/c1-11-2-3-14(22)19-13(11)6-12(9-24)28(19)5-4-25-18-8-16(26-10-27-18)17-7-15(23)20(31-17)21(29)30/h2-3,6-8,10H,4-5H2,1H3,(H,29,30)(H,25,26,27). The summed E-state index contributed by atoms with van der Waals surface area (Å²) in [6.45, 7) is 2.50. The molecule has 7 nitrogen and oxygen atoms in total. The van der Waals surface area contributed by atoms with E-state index in [-0.39, 0.29) is 4.88 Å². The van der Waals surface area contributed by atoms with E-state index in [9.17, 15) is 18.8 Å². The van der Waals surface area contributed by atoms with Gasteiger partial charge in [-0.1, -0.05) is 6.07 Å². The van der Waals surface area contributed by atoms with Gasteiger partial charge in [-0.2, -0.15) is 5.26 Å². The van der Waals surface area contributed by atoms with Crippen LogP contribution in [0.2, 0.25) is 0 Å². The Hall–Kier alpha value is -3.84. The summed E-state index contributed by atoms with van der Waals surface area (Å²) in [5.41, 5.74) is 1.98. The molecule has 1 aromatic carbocycles. The molecule has 4 rings (SSSR count). The van der Waals surface area contributed by atoms with Crippen LogP contribution in [0.1, 0.15) is 20.9 Å². The zero-order chi connectivity index (χ0) is 22.1. The van der Waals surface area contributed by atoms with Crippen LogP contribution in [-0.2, 0) is 6.54 Å². The van der Waals surface area contributed by atoms with E-state index in [1.54, 1.807) is 22.8 Å². The number of fused-ring (bicyclic) bond motifs is 1. The van der Waals surface area contributed by atoms with Gasteiger partial charge in [0.1, 0.15) is 40.4 Å². The predicted octanol–water partition coefficient (Wildman–Crippen LogP) is 4.43. The number of anilines is 1. The van der Waals surface area contributed by atoms with Crippen LogP contribution in [0.5, 0.6) is 0 Å². The number of aromatic carboxylic acids is 1. The molecule has 0 aliphatic rings. The minimum Gasteiger partial charge on any atom is -0.477 e. The fourth-order valence-electron chi connectivity index (χ4n) is 3.32. The zero-order valence-electron chi connectivity index (χ0n) is 16.2. The van der Waals surface area contributed by atoms with E-state index in [2.05, 4.69) is 21.4 Å². The van der Waals surface area contributed by atoms with E-state index in [1.807, 2.05) is 6.92 Å². The molecule has 31 heavy (non-hydrogen) atoms. The van der Waals surface area contributed by atoms with E-state index in [0.717, 1.165) is 23.0 Å². The lowest BCUT2D eigenvalue weighted by molar-refractivity contribution is 0.0697. The summed E-state index contributed by atoms with van der Waals surface area (Å²) in [4.78, 5) is 19.2. The van der Waals surface area contributed by atoms with Crippen LogP contribution in [-0.4, -0.2) is 32.2 Å². The highest BCUT2D eigenvalue weighted by atomic mass is 32.1. The Morgan fingerprint density at radius 2 is 2.06 bits per heavy atom. The van der Waals surface area contributed by atoms with Gasteiger partial charge in [0.05, 0.1) is 16.1 Å². The molecule has 0 saturated heterocycles. The van der Waals surface area contributed by atoms with Crippen molar-refractivity contribution in [2.45, 2.75) is 13.5 Å². The van der Waals surface area contributed by atoms with Gasteiger partial charge in [-0.25, -0.2) is 23.5 Å². The van der Waals surface area contributed by atoms with Gasteiger partial charge in [-0.3, -0.25) is 0 Å². The molecular formula is C21H15F2N5O2S. The van der Waals surface area contributed by atoms with Crippen LogP contribution >= 0.6 is 11.3 Å². The number of aryl methyl sites for hydroxylation is 1. The monoisotopic (exact) mass is 439 g/mol. The predicted molar refractivity (Wildman–Crippen MR) is 112 cm³/mol. The van der Waals surface area contributed by atoms with Crippen molar-refractivity contribution in [3.63, 3.8) is 0 Å². The van der Waals surface area contributed by atoms with E-state index in [4.69, 9.17) is 5.11 Å². The Morgan fingerprint density at radius 1 is 1.26 bits per heavy atom. The highest BCUT2D eigenvalue weighted by molar-refractivity contribution is 7.17. The fourth-order valence-corrected chi connectivity index (χ4v) is 4.17. The van der Waals surface area contributed by atoms with Crippen molar-refractivity contribution in [3.8, 4) is 16.6 Å². The topological polar surface area (TPSA) is 104 Å². The van der Waals surface area contributed by atoms with Crippen molar-refractivity contribution >= 4 is 34.0 Å². The Morgan fingerprint density at radius 3 is 2.77 bits per heavy atom. The van der Waals surface area contributed by atoms with Crippen LogP contribution in [0, 0.1) is 29.9 Å². The maximum Gasteiger partial charge on any atom is 0.348 e. The number of carbonyl (C=O) groups is 1. The van der Waals surface area contributed by atoms with Gasteiger partial charge in [-0.15, -0.1) is 11.3 Å². The lowest BCUT2D eigenvalue weighted by Crippen LogP contribution is -2.13.